The summed E-state index contributed by atoms with van der Waals surface area (Å²) in [5, 5.41) is 5.20. The van der Waals surface area contributed by atoms with E-state index in [9.17, 15) is 9.59 Å². The molecule has 0 saturated heterocycles. The quantitative estimate of drug-likeness (QED) is 0.781. The molecule has 2 aromatic heterocycles. The summed E-state index contributed by atoms with van der Waals surface area (Å²) in [5.41, 5.74) is 6.90. The van der Waals surface area contributed by atoms with Crippen molar-refractivity contribution >= 4 is 33.7 Å². The summed E-state index contributed by atoms with van der Waals surface area (Å²) in [6.45, 7) is 2.56. The molecule has 3 aromatic rings. The van der Waals surface area contributed by atoms with Crippen molar-refractivity contribution in [2.24, 2.45) is 0 Å². The summed E-state index contributed by atoms with van der Waals surface area (Å²) in [7, 11) is 1.24. The molecule has 1 aromatic carbocycles. The second-order valence-corrected chi connectivity index (χ2v) is 4.96. The van der Waals surface area contributed by atoms with Gasteiger partial charge in [-0.15, -0.1) is 4.68 Å². The minimum Gasteiger partial charge on any atom is -0.451 e. The Hall–Kier alpha value is -2.83. The Labute approximate surface area is 125 Å². The Bertz CT molecular complexity index is 939. The molecular formula is C15H16N4O3. The highest BCUT2D eigenvalue weighted by molar-refractivity contribution is 6.08. The van der Waals surface area contributed by atoms with Crippen LogP contribution in [0.2, 0.25) is 0 Å². The number of carbonyl (C=O) groups excluding carboxylic acids is 1. The molecule has 2 N–H and O–H groups in total. The van der Waals surface area contributed by atoms with Crippen molar-refractivity contribution in [3.05, 3.63) is 34.6 Å². The van der Waals surface area contributed by atoms with Gasteiger partial charge in [0.15, 0.2) is 0 Å². The van der Waals surface area contributed by atoms with Gasteiger partial charge in [-0.05, 0) is 12.5 Å². The number of rotatable bonds is 2. The van der Waals surface area contributed by atoms with E-state index in [1.165, 1.54) is 7.11 Å². The topological polar surface area (TPSA) is 92.1 Å². The van der Waals surface area contributed by atoms with E-state index in [0.29, 0.717) is 12.1 Å². The molecule has 0 radical (unpaired) electrons. The fourth-order valence-corrected chi connectivity index (χ4v) is 2.66. The lowest BCUT2D eigenvalue weighted by Crippen LogP contribution is -2.21. The molecule has 0 saturated carbocycles. The third-order valence-electron chi connectivity index (χ3n) is 3.62. The van der Waals surface area contributed by atoms with Crippen LogP contribution in [0.5, 0.6) is 0 Å². The average molecular weight is 300 g/mol. The van der Waals surface area contributed by atoms with E-state index >= 15 is 0 Å². The van der Waals surface area contributed by atoms with E-state index in [-0.39, 0.29) is 16.8 Å². The van der Waals surface area contributed by atoms with Crippen molar-refractivity contribution in [3.63, 3.8) is 0 Å². The highest BCUT2D eigenvalue weighted by Crippen LogP contribution is 2.25. The molecule has 114 valence electrons. The van der Waals surface area contributed by atoms with E-state index in [0.717, 1.165) is 22.0 Å². The maximum absolute atomic E-state index is 12.8. The number of nitrogens with two attached hydrogens (primary N) is 1. The van der Waals surface area contributed by atoms with Gasteiger partial charge in [0.2, 0.25) is 0 Å². The van der Waals surface area contributed by atoms with Gasteiger partial charge in [0.25, 0.3) is 5.56 Å². The Balaban J connectivity index is 2.52. The van der Waals surface area contributed by atoms with Gasteiger partial charge in [-0.3, -0.25) is 4.79 Å². The van der Waals surface area contributed by atoms with Crippen LogP contribution in [0.25, 0.3) is 21.8 Å². The molecule has 0 aliphatic rings. The Kier molecular flexibility index (Phi) is 3.32. The van der Waals surface area contributed by atoms with Crippen molar-refractivity contribution < 1.29 is 9.53 Å². The largest absolute Gasteiger partial charge is 0.451 e. The highest BCUT2D eigenvalue weighted by Gasteiger charge is 2.21. The molecule has 0 atom stereocenters. The number of hydrogen-bond donors (Lipinski definition) is 1. The molecule has 0 amide bonds. The maximum Gasteiger partial charge on any atom is 0.436 e. The average Bonchev–Trinajstić information content (AvgIpc) is 2.88. The van der Waals surface area contributed by atoms with Gasteiger partial charge in [-0.2, -0.15) is 5.10 Å². The highest BCUT2D eigenvalue weighted by atomic mass is 16.5. The van der Waals surface area contributed by atoms with Gasteiger partial charge in [-0.25, -0.2) is 4.79 Å². The first-order chi connectivity index (χ1) is 10.6. The van der Waals surface area contributed by atoms with Crippen molar-refractivity contribution in [2.45, 2.75) is 19.9 Å². The molecule has 0 unspecified atom stereocenters. The second-order valence-electron chi connectivity index (χ2n) is 4.96. The van der Waals surface area contributed by atoms with Gasteiger partial charge in [0.1, 0.15) is 16.7 Å². The first kappa shape index (κ1) is 14.1. The normalized spacial score (nSPS) is 11.2. The molecular weight excluding hydrogens is 284 g/mol. The van der Waals surface area contributed by atoms with Crippen molar-refractivity contribution in [1.82, 2.24) is 14.3 Å². The molecule has 3 rings (SSSR count). The van der Waals surface area contributed by atoms with Gasteiger partial charge < -0.3 is 15.0 Å². The number of para-hydroxylation sites is 1. The zero-order valence-corrected chi connectivity index (χ0v) is 12.4. The zero-order chi connectivity index (χ0) is 15.9. The summed E-state index contributed by atoms with van der Waals surface area (Å²) >= 11 is 0. The van der Waals surface area contributed by atoms with Crippen LogP contribution in [0.3, 0.4) is 0 Å². The van der Waals surface area contributed by atoms with E-state index in [2.05, 4.69) is 9.84 Å². The summed E-state index contributed by atoms with van der Waals surface area (Å²) < 4.78 is 7.24. The summed E-state index contributed by atoms with van der Waals surface area (Å²) in [6, 6.07) is 7.44. The van der Waals surface area contributed by atoms with Crippen LogP contribution >= 0.6 is 0 Å². The summed E-state index contributed by atoms with van der Waals surface area (Å²) in [6.07, 6.45) is 0.0831. The Morgan fingerprint density at radius 2 is 2.09 bits per heavy atom. The first-order valence-corrected chi connectivity index (χ1v) is 6.98. The molecule has 0 bridgehead atoms. The number of pyridine rings is 1. The third kappa shape index (κ3) is 1.86. The van der Waals surface area contributed by atoms with Crippen molar-refractivity contribution in [1.29, 1.82) is 0 Å². The van der Waals surface area contributed by atoms with Gasteiger partial charge in [0, 0.05) is 11.9 Å². The second kappa shape index (κ2) is 5.18. The molecule has 22 heavy (non-hydrogen) atoms. The first-order valence-electron chi connectivity index (χ1n) is 6.98. The standard InChI is InChI=1S/C15H16N4O3/c1-3-8-18-10-7-5-4-6-9(10)12-11(14(18)20)13(16)19(17-12)15(21)22-2/h4-7H,3,8,16H2,1-2H3. The number of fused-ring (bicyclic) bond motifs is 3. The van der Waals surface area contributed by atoms with Crippen molar-refractivity contribution in [3.8, 4) is 0 Å². The van der Waals surface area contributed by atoms with Gasteiger partial charge in [0.05, 0.1) is 12.6 Å². The number of ether oxygens (including phenoxy) is 1. The molecule has 0 aliphatic carbocycles. The number of methoxy groups -OCH3 is 1. The number of nitrogen functional groups attached to an aromatic ring is 1. The van der Waals surface area contributed by atoms with Crippen LogP contribution in [0, 0.1) is 0 Å². The van der Waals surface area contributed by atoms with Crippen molar-refractivity contribution in [2.75, 3.05) is 12.8 Å². The van der Waals surface area contributed by atoms with Crippen LogP contribution < -0.4 is 11.3 Å². The van der Waals surface area contributed by atoms with Crippen LogP contribution in [0.1, 0.15) is 13.3 Å². The number of aromatic nitrogens is 3. The lowest BCUT2D eigenvalue weighted by atomic mass is 10.1. The van der Waals surface area contributed by atoms with E-state index in [4.69, 9.17) is 5.73 Å². The van der Waals surface area contributed by atoms with E-state index < -0.39 is 6.09 Å². The minimum atomic E-state index is -0.723. The molecule has 0 aliphatic heterocycles. The fraction of sp³-hybridized carbons (Fsp3) is 0.267. The van der Waals surface area contributed by atoms with Gasteiger partial charge in [-0.1, -0.05) is 25.1 Å². The molecule has 2 heterocycles. The monoisotopic (exact) mass is 300 g/mol. The number of aryl methyl sites for hydroxylation is 1. The fourth-order valence-electron chi connectivity index (χ4n) is 2.66. The number of anilines is 1. The predicted molar refractivity (Wildman–Crippen MR) is 84.0 cm³/mol. The summed E-state index contributed by atoms with van der Waals surface area (Å²) in [5.74, 6) is 0.00227. The Morgan fingerprint density at radius 1 is 1.36 bits per heavy atom. The SMILES string of the molecule is CCCn1c(=O)c2c(N)n(C(=O)OC)nc2c2ccccc21. The number of nitrogens with zero attached hydrogens (tertiary/aromatic N) is 3. The number of hydrogen-bond acceptors (Lipinski definition) is 5. The minimum absolute atomic E-state index is 0.00227. The van der Waals surface area contributed by atoms with E-state index in [1.807, 2.05) is 31.2 Å². The van der Waals surface area contributed by atoms with Gasteiger partial charge >= 0.3 is 6.09 Å². The van der Waals surface area contributed by atoms with Crippen LogP contribution in [0.15, 0.2) is 29.1 Å². The molecule has 7 nitrogen and oxygen atoms in total. The van der Waals surface area contributed by atoms with Crippen LogP contribution in [0.4, 0.5) is 10.6 Å². The van der Waals surface area contributed by atoms with Crippen LogP contribution in [-0.2, 0) is 11.3 Å². The molecule has 0 spiro atoms. The Morgan fingerprint density at radius 3 is 2.77 bits per heavy atom. The van der Waals surface area contributed by atoms with Crippen LogP contribution in [-0.4, -0.2) is 27.6 Å². The zero-order valence-electron chi connectivity index (χ0n) is 12.4. The number of benzene rings is 1. The lowest BCUT2D eigenvalue weighted by Gasteiger charge is -2.09. The summed E-state index contributed by atoms with van der Waals surface area (Å²) in [4.78, 5) is 24.5. The molecule has 7 heteroatoms. The predicted octanol–water partition coefficient (Wildman–Crippen LogP) is 1.96. The lowest BCUT2D eigenvalue weighted by molar-refractivity contribution is 0.170. The maximum atomic E-state index is 12.8. The number of carbonyl (C=O) groups is 1. The molecule has 0 fully saturated rings. The smallest absolute Gasteiger partial charge is 0.436 e. The van der Waals surface area contributed by atoms with E-state index in [1.54, 1.807) is 4.57 Å². The third-order valence-corrected chi connectivity index (χ3v) is 3.62.